The van der Waals surface area contributed by atoms with Crippen LogP contribution >= 0.6 is 0 Å². The van der Waals surface area contributed by atoms with E-state index in [1.54, 1.807) is 0 Å². The van der Waals surface area contributed by atoms with Gasteiger partial charge in [-0.2, -0.15) is 0 Å². The average molecular weight is 485 g/mol. The third kappa shape index (κ3) is 2.31. The number of hydrogen-bond acceptors (Lipinski definition) is 1. The van der Waals surface area contributed by atoms with Crippen molar-refractivity contribution in [2.45, 2.75) is 6.42 Å². The van der Waals surface area contributed by atoms with E-state index in [1.807, 2.05) is 6.20 Å². The van der Waals surface area contributed by atoms with E-state index in [0.717, 1.165) is 17.7 Å². The second-order valence-corrected chi connectivity index (χ2v) is 6.00. The summed E-state index contributed by atoms with van der Waals surface area (Å²) in [6, 6.07) is 26.9. The SMILES string of the molecule is [Ir].[c-]1cc2c(cc1-c1nccc3ccccc13)Cc1ccccc1-2. The largest absolute Gasteiger partial charge is 0.304 e. The van der Waals surface area contributed by atoms with Gasteiger partial charge >= 0.3 is 0 Å². The molecule has 1 aliphatic carbocycles. The zero-order valence-electron chi connectivity index (χ0n) is 12.9. The van der Waals surface area contributed by atoms with Crippen LogP contribution in [0.2, 0.25) is 0 Å². The molecule has 2 heteroatoms. The molecule has 0 N–H and O–H groups in total. The predicted octanol–water partition coefficient (Wildman–Crippen LogP) is 5.27. The first-order chi connectivity index (χ1) is 11.4. The molecule has 3 aromatic carbocycles. The molecule has 0 unspecified atom stereocenters. The van der Waals surface area contributed by atoms with Crippen molar-refractivity contribution in [1.82, 2.24) is 4.98 Å². The van der Waals surface area contributed by atoms with Crippen LogP contribution in [0.1, 0.15) is 11.1 Å². The Morgan fingerprint density at radius 1 is 0.833 bits per heavy atom. The Labute approximate surface area is 154 Å². The Bertz CT molecular complexity index is 1050. The first-order valence-corrected chi connectivity index (χ1v) is 7.87. The molecule has 0 atom stereocenters. The fourth-order valence-electron chi connectivity index (χ4n) is 3.55. The van der Waals surface area contributed by atoms with Gasteiger partial charge in [0, 0.05) is 26.3 Å². The number of fused-ring (bicyclic) bond motifs is 4. The third-order valence-corrected chi connectivity index (χ3v) is 4.65. The van der Waals surface area contributed by atoms with Crippen molar-refractivity contribution in [2.75, 3.05) is 0 Å². The molecule has 0 saturated heterocycles. The predicted molar refractivity (Wildman–Crippen MR) is 94.3 cm³/mol. The summed E-state index contributed by atoms with van der Waals surface area (Å²) in [6.07, 6.45) is 2.88. The Morgan fingerprint density at radius 3 is 2.62 bits per heavy atom. The van der Waals surface area contributed by atoms with Crippen LogP contribution in [0.5, 0.6) is 0 Å². The van der Waals surface area contributed by atoms with E-state index in [-0.39, 0.29) is 20.1 Å². The number of rotatable bonds is 1. The number of nitrogens with zero attached hydrogens (tertiary/aromatic N) is 1. The second-order valence-electron chi connectivity index (χ2n) is 6.00. The standard InChI is InChI=1S/C22H14N.Ir/c1-4-8-21-15(5-1)11-12-23-22(21)17-9-10-20-18(14-17)13-16-6-2-3-7-19(16)20;/h1-8,10-12,14H,13H2;/q-1;. The Balaban J connectivity index is 0.00000146. The number of aromatic nitrogens is 1. The molecule has 0 saturated carbocycles. The van der Waals surface area contributed by atoms with Crippen molar-refractivity contribution in [3.05, 3.63) is 90.1 Å². The van der Waals surface area contributed by atoms with Crippen LogP contribution in [-0.2, 0) is 26.5 Å². The molecule has 4 aromatic rings. The van der Waals surface area contributed by atoms with Crippen molar-refractivity contribution >= 4 is 10.8 Å². The topological polar surface area (TPSA) is 12.9 Å². The van der Waals surface area contributed by atoms with E-state index >= 15 is 0 Å². The van der Waals surface area contributed by atoms with Crippen LogP contribution in [-0.4, -0.2) is 4.98 Å². The van der Waals surface area contributed by atoms with Crippen LogP contribution in [0.25, 0.3) is 33.2 Å². The van der Waals surface area contributed by atoms with E-state index in [9.17, 15) is 0 Å². The molecular formula is C22H14IrN-. The molecule has 1 radical (unpaired) electrons. The van der Waals surface area contributed by atoms with Crippen LogP contribution in [0.4, 0.5) is 0 Å². The summed E-state index contributed by atoms with van der Waals surface area (Å²) in [5, 5.41) is 2.40. The Hall–Kier alpha value is -2.28. The minimum Gasteiger partial charge on any atom is -0.304 e. The van der Waals surface area contributed by atoms with E-state index in [2.05, 4.69) is 77.8 Å². The zero-order valence-corrected chi connectivity index (χ0v) is 15.3. The van der Waals surface area contributed by atoms with Gasteiger partial charge < -0.3 is 4.98 Å². The van der Waals surface area contributed by atoms with Gasteiger partial charge in [0.2, 0.25) is 0 Å². The average Bonchev–Trinajstić information content (AvgIpc) is 2.99. The van der Waals surface area contributed by atoms with Gasteiger partial charge in [-0.15, -0.1) is 29.3 Å². The van der Waals surface area contributed by atoms with Crippen molar-refractivity contribution in [2.24, 2.45) is 0 Å². The minimum atomic E-state index is 0. The third-order valence-electron chi connectivity index (χ3n) is 4.65. The minimum absolute atomic E-state index is 0. The van der Waals surface area contributed by atoms with Crippen LogP contribution in [0.15, 0.2) is 72.9 Å². The van der Waals surface area contributed by atoms with E-state index < -0.39 is 0 Å². The first kappa shape index (κ1) is 15.3. The smallest absolute Gasteiger partial charge is 0.0167 e. The summed E-state index contributed by atoms with van der Waals surface area (Å²) in [4.78, 5) is 4.62. The second kappa shape index (κ2) is 5.98. The summed E-state index contributed by atoms with van der Waals surface area (Å²) < 4.78 is 0. The fraction of sp³-hybridized carbons (Fsp3) is 0.0455. The quantitative estimate of drug-likeness (QED) is 0.296. The summed E-state index contributed by atoms with van der Waals surface area (Å²) in [7, 11) is 0. The van der Waals surface area contributed by atoms with E-state index in [1.165, 1.54) is 33.0 Å². The molecule has 1 aliphatic rings. The molecule has 0 amide bonds. The molecular weight excluding hydrogens is 470 g/mol. The summed E-state index contributed by atoms with van der Waals surface area (Å²) in [5.74, 6) is 0. The summed E-state index contributed by atoms with van der Waals surface area (Å²) in [6.45, 7) is 0. The molecule has 24 heavy (non-hydrogen) atoms. The van der Waals surface area contributed by atoms with Crippen molar-refractivity contribution in [3.8, 4) is 22.4 Å². The maximum atomic E-state index is 4.62. The van der Waals surface area contributed by atoms with Crippen molar-refractivity contribution < 1.29 is 20.1 Å². The van der Waals surface area contributed by atoms with Gasteiger partial charge in [-0.05, 0) is 34.5 Å². The van der Waals surface area contributed by atoms with Gasteiger partial charge in [-0.3, -0.25) is 0 Å². The maximum Gasteiger partial charge on any atom is 0.0167 e. The monoisotopic (exact) mass is 485 g/mol. The molecule has 1 aromatic heterocycles. The van der Waals surface area contributed by atoms with Gasteiger partial charge in [0.1, 0.15) is 0 Å². The first-order valence-electron chi connectivity index (χ1n) is 7.87. The van der Waals surface area contributed by atoms with Gasteiger partial charge in [-0.25, -0.2) is 0 Å². The number of benzene rings is 3. The molecule has 117 valence electrons. The Kier molecular flexibility index (Phi) is 3.80. The summed E-state index contributed by atoms with van der Waals surface area (Å²) >= 11 is 0. The van der Waals surface area contributed by atoms with Gasteiger partial charge in [0.05, 0.1) is 0 Å². The van der Waals surface area contributed by atoms with Crippen LogP contribution in [0.3, 0.4) is 0 Å². The normalized spacial score (nSPS) is 11.7. The van der Waals surface area contributed by atoms with E-state index in [4.69, 9.17) is 0 Å². The molecule has 0 bridgehead atoms. The van der Waals surface area contributed by atoms with Gasteiger partial charge in [-0.1, -0.05) is 59.7 Å². The maximum absolute atomic E-state index is 4.62. The molecule has 0 spiro atoms. The van der Waals surface area contributed by atoms with E-state index in [0.29, 0.717) is 0 Å². The van der Waals surface area contributed by atoms with Gasteiger partial charge in [0.25, 0.3) is 0 Å². The number of pyridine rings is 1. The fourth-order valence-corrected chi connectivity index (χ4v) is 3.55. The molecule has 1 heterocycles. The molecule has 0 aliphatic heterocycles. The summed E-state index contributed by atoms with van der Waals surface area (Å²) in [5.41, 5.74) is 7.52. The Morgan fingerprint density at radius 2 is 1.67 bits per heavy atom. The van der Waals surface area contributed by atoms with Crippen LogP contribution < -0.4 is 0 Å². The molecule has 5 rings (SSSR count). The van der Waals surface area contributed by atoms with Crippen LogP contribution in [0, 0.1) is 6.07 Å². The van der Waals surface area contributed by atoms with Crippen molar-refractivity contribution in [3.63, 3.8) is 0 Å². The number of hydrogen-bond donors (Lipinski definition) is 0. The zero-order chi connectivity index (χ0) is 15.2. The molecule has 1 nitrogen and oxygen atoms in total. The molecule has 0 fully saturated rings. The van der Waals surface area contributed by atoms with Crippen molar-refractivity contribution in [1.29, 1.82) is 0 Å². The van der Waals surface area contributed by atoms with Gasteiger partial charge in [0.15, 0.2) is 0 Å².